The molecule has 0 unspecified atom stereocenters. The van der Waals surface area contributed by atoms with Crippen LogP contribution in [0.5, 0.6) is 0 Å². The quantitative estimate of drug-likeness (QED) is 0.858. The van der Waals surface area contributed by atoms with E-state index in [2.05, 4.69) is 11.7 Å². The molecule has 18 heavy (non-hydrogen) atoms. The first-order valence-electron chi connectivity index (χ1n) is 5.31. The molecule has 0 aliphatic carbocycles. The molecule has 0 atom stereocenters. The lowest BCUT2D eigenvalue weighted by molar-refractivity contribution is 0.100. The smallest absolute Gasteiger partial charge is 0.258 e. The van der Waals surface area contributed by atoms with Crippen molar-refractivity contribution in [3.63, 3.8) is 0 Å². The average Bonchev–Trinajstić information content (AvgIpc) is 2.87. The lowest BCUT2D eigenvalue weighted by Crippen LogP contribution is -2.10. The molecule has 0 aliphatic rings. The topological polar surface area (TPSA) is 58.7 Å². The molecule has 92 valence electrons. The first-order valence-corrected chi connectivity index (χ1v) is 6.19. The third-order valence-corrected chi connectivity index (χ3v) is 3.56. The van der Waals surface area contributed by atoms with E-state index in [1.54, 1.807) is 6.07 Å². The minimum Gasteiger partial charge on any atom is -0.365 e. The molecule has 0 fully saturated rings. The number of para-hydroxylation sites is 2. The average molecular weight is 259 g/mol. The monoisotopic (exact) mass is 259 g/mol. The second kappa shape index (κ2) is 5.01. The maximum Gasteiger partial charge on any atom is 0.258 e. The number of anilines is 2. The van der Waals surface area contributed by atoms with Crippen LogP contribution in [0.15, 0.2) is 40.7 Å². The number of carbonyl (C=O) groups is 1. The Morgan fingerprint density at radius 2 is 2.17 bits per heavy atom. The maximum absolute atomic E-state index is 11.1. The lowest BCUT2D eigenvalue weighted by Gasteiger charge is -2.19. The molecule has 0 aliphatic heterocycles. The van der Waals surface area contributed by atoms with Crippen LogP contribution in [0.3, 0.4) is 0 Å². The van der Waals surface area contributed by atoms with Gasteiger partial charge >= 0.3 is 0 Å². The molecule has 1 aromatic heterocycles. The van der Waals surface area contributed by atoms with Gasteiger partial charge in [-0.3, -0.25) is 9.79 Å². The molecule has 0 radical (unpaired) electrons. The number of amides is 1. The predicted molar refractivity (Wildman–Crippen MR) is 76.6 cm³/mol. The van der Waals surface area contributed by atoms with Crippen LogP contribution in [-0.4, -0.2) is 19.7 Å². The van der Waals surface area contributed by atoms with E-state index in [9.17, 15) is 4.79 Å². The van der Waals surface area contributed by atoms with E-state index in [-0.39, 0.29) is 0 Å². The molecule has 0 saturated heterocycles. The summed E-state index contributed by atoms with van der Waals surface area (Å²) in [7, 11) is 1.91. The summed E-state index contributed by atoms with van der Waals surface area (Å²) in [6, 6.07) is 9.45. The van der Waals surface area contributed by atoms with Gasteiger partial charge in [0.05, 0.1) is 21.9 Å². The number of primary amides is 1. The predicted octanol–water partition coefficient (Wildman–Crippen LogP) is 2.95. The van der Waals surface area contributed by atoms with Crippen molar-refractivity contribution in [1.82, 2.24) is 0 Å². The highest BCUT2D eigenvalue weighted by Gasteiger charge is 2.11. The normalized spacial score (nSPS) is 10.1. The molecule has 0 bridgehead atoms. The molecule has 1 aromatic carbocycles. The summed E-state index contributed by atoms with van der Waals surface area (Å²) >= 11 is 1.33. The standard InChI is InChI=1S/C13H13N3OS/c1-15-10-5-3-4-6-11(10)16(2)9-7-12(13(14)17)18-8-9/h3-8H,1H2,2H3,(H2,14,17). The van der Waals surface area contributed by atoms with Crippen molar-refractivity contribution >= 4 is 41.0 Å². The van der Waals surface area contributed by atoms with Crippen LogP contribution >= 0.6 is 11.3 Å². The highest BCUT2D eigenvalue weighted by Crippen LogP contribution is 2.34. The number of benzene rings is 1. The molecular weight excluding hydrogens is 246 g/mol. The van der Waals surface area contributed by atoms with Gasteiger partial charge in [0.15, 0.2) is 0 Å². The molecule has 0 spiro atoms. The fourth-order valence-electron chi connectivity index (χ4n) is 1.65. The molecule has 1 heterocycles. The van der Waals surface area contributed by atoms with Crippen molar-refractivity contribution in [3.8, 4) is 0 Å². The maximum atomic E-state index is 11.1. The van der Waals surface area contributed by atoms with Crippen LogP contribution in [0.4, 0.5) is 17.1 Å². The Labute approximate surface area is 109 Å². The number of carbonyl (C=O) groups excluding carboxylic acids is 1. The zero-order chi connectivity index (χ0) is 13.1. The second-order valence-corrected chi connectivity index (χ2v) is 4.65. The van der Waals surface area contributed by atoms with Gasteiger partial charge in [-0.05, 0) is 24.9 Å². The summed E-state index contributed by atoms with van der Waals surface area (Å²) in [5, 5.41) is 1.89. The van der Waals surface area contributed by atoms with E-state index < -0.39 is 5.91 Å². The molecule has 2 N–H and O–H groups in total. The van der Waals surface area contributed by atoms with Crippen LogP contribution in [-0.2, 0) is 0 Å². The van der Waals surface area contributed by atoms with E-state index in [4.69, 9.17) is 5.73 Å². The van der Waals surface area contributed by atoms with Crippen molar-refractivity contribution in [2.45, 2.75) is 0 Å². The number of hydrogen-bond acceptors (Lipinski definition) is 4. The van der Waals surface area contributed by atoms with E-state index >= 15 is 0 Å². The third-order valence-electron chi connectivity index (χ3n) is 2.63. The summed E-state index contributed by atoms with van der Waals surface area (Å²) in [6.45, 7) is 3.55. The number of hydrogen-bond donors (Lipinski definition) is 1. The third kappa shape index (κ3) is 2.26. The SMILES string of the molecule is C=Nc1ccccc1N(C)c1csc(C(N)=O)c1. The second-order valence-electron chi connectivity index (χ2n) is 3.74. The van der Waals surface area contributed by atoms with Gasteiger partial charge in [-0.25, -0.2) is 0 Å². The summed E-state index contributed by atoms with van der Waals surface area (Å²) in [6.07, 6.45) is 0. The minimum absolute atomic E-state index is 0.408. The van der Waals surface area contributed by atoms with Crippen molar-refractivity contribution in [3.05, 3.63) is 40.6 Å². The van der Waals surface area contributed by atoms with Crippen LogP contribution in [0.2, 0.25) is 0 Å². The Morgan fingerprint density at radius 1 is 1.44 bits per heavy atom. The van der Waals surface area contributed by atoms with E-state index in [1.807, 2.05) is 41.6 Å². The molecule has 5 heteroatoms. The number of nitrogens with two attached hydrogens (primary N) is 1. The summed E-state index contributed by atoms with van der Waals surface area (Å²) in [4.78, 5) is 17.6. The van der Waals surface area contributed by atoms with Gasteiger partial charge in [0.2, 0.25) is 0 Å². The van der Waals surface area contributed by atoms with Crippen molar-refractivity contribution in [1.29, 1.82) is 0 Å². The zero-order valence-corrected chi connectivity index (χ0v) is 10.8. The Morgan fingerprint density at radius 3 is 2.78 bits per heavy atom. The molecule has 0 saturated carbocycles. The fraction of sp³-hybridized carbons (Fsp3) is 0.0769. The first-order chi connectivity index (χ1) is 8.63. The number of thiophene rings is 1. The van der Waals surface area contributed by atoms with Crippen LogP contribution in [0.25, 0.3) is 0 Å². The number of rotatable bonds is 4. The Balaban J connectivity index is 2.37. The van der Waals surface area contributed by atoms with Gasteiger partial charge in [-0.15, -0.1) is 11.3 Å². The highest BCUT2D eigenvalue weighted by molar-refractivity contribution is 7.12. The van der Waals surface area contributed by atoms with Gasteiger partial charge in [-0.1, -0.05) is 12.1 Å². The summed E-state index contributed by atoms with van der Waals surface area (Å²) in [5.74, 6) is -0.408. The van der Waals surface area contributed by atoms with Crippen molar-refractivity contribution in [2.75, 3.05) is 11.9 Å². The Kier molecular flexibility index (Phi) is 3.43. The van der Waals surface area contributed by atoms with Gasteiger partial charge < -0.3 is 10.6 Å². The Bertz CT molecular complexity index is 591. The van der Waals surface area contributed by atoms with E-state index in [1.165, 1.54) is 11.3 Å². The van der Waals surface area contributed by atoms with Crippen LogP contribution < -0.4 is 10.6 Å². The molecule has 2 aromatic rings. The molecular formula is C13H13N3OS. The zero-order valence-electron chi connectivity index (χ0n) is 9.96. The summed E-state index contributed by atoms with van der Waals surface area (Å²) in [5.41, 5.74) is 7.88. The largest absolute Gasteiger partial charge is 0.365 e. The lowest BCUT2D eigenvalue weighted by atomic mass is 10.2. The van der Waals surface area contributed by atoms with Gasteiger partial charge in [-0.2, -0.15) is 0 Å². The number of aliphatic imine (C=N–C) groups is 1. The Hall–Kier alpha value is -2.14. The first kappa shape index (κ1) is 12.3. The van der Waals surface area contributed by atoms with Crippen LogP contribution in [0, 0.1) is 0 Å². The van der Waals surface area contributed by atoms with E-state index in [0.717, 1.165) is 17.1 Å². The summed E-state index contributed by atoms with van der Waals surface area (Å²) < 4.78 is 0. The van der Waals surface area contributed by atoms with Gasteiger partial charge in [0, 0.05) is 12.4 Å². The fourth-order valence-corrected chi connectivity index (χ4v) is 2.43. The number of nitrogens with zero attached hydrogens (tertiary/aromatic N) is 2. The molecule has 4 nitrogen and oxygen atoms in total. The van der Waals surface area contributed by atoms with Crippen LogP contribution in [0.1, 0.15) is 9.67 Å². The highest BCUT2D eigenvalue weighted by atomic mass is 32.1. The minimum atomic E-state index is -0.408. The van der Waals surface area contributed by atoms with Crippen molar-refractivity contribution < 1.29 is 4.79 Å². The molecule has 1 amide bonds. The van der Waals surface area contributed by atoms with E-state index in [0.29, 0.717) is 4.88 Å². The van der Waals surface area contributed by atoms with Gasteiger partial charge in [0.25, 0.3) is 5.91 Å². The van der Waals surface area contributed by atoms with Gasteiger partial charge in [0.1, 0.15) is 0 Å². The van der Waals surface area contributed by atoms with Crippen molar-refractivity contribution in [2.24, 2.45) is 10.7 Å². The molecule has 2 rings (SSSR count).